The van der Waals surface area contributed by atoms with Crippen LogP contribution in [0.5, 0.6) is 11.5 Å². The molecule has 0 aliphatic heterocycles. The lowest BCUT2D eigenvalue weighted by molar-refractivity contribution is 0.155. The monoisotopic (exact) mass is 368 g/mol. The van der Waals surface area contributed by atoms with Gasteiger partial charge in [-0.05, 0) is 49.4 Å². The van der Waals surface area contributed by atoms with Gasteiger partial charge in [-0.2, -0.15) is 0 Å². The summed E-state index contributed by atoms with van der Waals surface area (Å²) in [6.07, 6.45) is 6.49. The average Bonchev–Trinajstić information content (AvgIpc) is 2.72. The van der Waals surface area contributed by atoms with Crippen molar-refractivity contribution in [2.75, 3.05) is 7.11 Å². The fourth-order valence-electron chi connectivity index (χ4n) is 3.33. The molecule has 2 aromatic rings. The van der Waals surface area contributed by atoms with Crippen molar-refractivity contribution < 1.29 is 14.3 Å². The van der Waals surface area contributed by atoms with Crippen molar-refractivity contribution in [1.82, 2.24) is 10.6 Å². The zero-order chi connectivity index (χ0) is 18.9. The van der Waals surface area contributed by atoms with Crippen LogP contribution < -0.4 is 20.1 Å². The molecule has 1 saturated carbocycles. The van der Waals surface area contributed by atoms with Crippen LogP contribution in [0.25, 0.3) is 0 Å². The minimum atomic E-state index is -0.205. The van der Waals surface area contributed by atoms with Gasteiger partial charge in [0.2, 0.25) is 0 Å². The third-order valence-corrected chi connectivity index (χ3v) is 4.86. The van der Waals surface area contributed by atoms with Gasteiger partial charge < -0.3 is 20.1 Å². The first kappa shape index (κ1) is 19.1. The number of hydrogen-bond donors (Lipinski definition) is 2. The van der Waals surface area contributed by atoms with E-state index in [1.807, 2.05) is 48.5 Å². The number of rotatable bonds is 7. The number of carbonyl (C=O) groups is 1. The van der Waals surface area contributed by atoms with E-state index in [-0.39, 0.29) is 6.03 Å². The number of carbonyl (C=O) groups excluding carboxylic acids is 1. The molecule has 0 unspecified atom stereocenters. The minimum absolute atomic E-state index is 0.205. The summed E-state index contributed by atoms with van der Waals surface area (Å²) in [5.41, 5.74) is 1.98. The van der Waals surface area contributed by atoms with E-state index in [9.17, 15) is 4.79 Å². The van der Waals surface area contributed by atoms with E-state index in [1.54, 1.807) is 7.11 Å². The fraction of sp³-hybridized carbons (Fsp3) is 0.409. The van der Waals surface area contributed by atoms with E-state index in [4.69, 9.17) is 9.47 Å². The predicted octanol–water partition coefficient (Wildman–Crippen LogP) is 4.41. The molecule has 3 rings (SSSR count). The van der Waals surface area contributed by atoms with Gasteiger partial charge in [0.05, 0.1) is 13.2 Å². The Morgan fingerprint density at radius 2 is 1.67 bits per heavy atom. The van der Waals surface area contributed by atoms with Crippen molar-refractivity contribution in [1.29, 1.82) is 0 Å². The normalized spacial score (nSPS) is 14.4. The van der Waals surface area contributed by atoms with Crippen LogP contribution in [-0.2, 0) is 13.1 Å². The summed E-state index contributed by atoms with van der Waals surface area (Å²) in [6, 6.07) is 15.4. The van der Waals surface area contributed by atoms with Crippen LogP contribution in [0.3, 0.4) is 0 Å². The average molecular weight is 368 g/mol. The first-order chi connectivity index (χ1) is 13.2. The van der Waals surface area contributed by atoms with Crippen LogP contribution in [0, 0.1) is 0 Å². The van der Waals surface area contributed by atoms with E-state index < -0.39 is 0 Å². The molecule has 0 heterocycles. The van der Waals surface area contributed by atoms with E-state index in [0.717, 1.165) is 35.5 Å². The van der Waals surface area contributed by atoms with E-state index in [2.05, 4.69) is 10.6 Å². The number of para-hydroxylation sites is 1. The third-order valence-electron chi connectivity index (χ3n) is 4.86. The van der Waals surface area contributed by atoms with E-state index in [1.165, 1.54) is 19.3 Å². The van der Waals surface area contributed by atoms with Gasteiger partial charge in [0, 0.05) is 18.7 Å². The van der Waals surface area contributed by atoms with Gasteiger partial charge in [0.15, 0.2) is 0 Å². The van der Waals surface area contributed by atoms with Crippen molar-refractivity contribution in [2.24, 2.45) is 0 Å². The molecule has 1 aliphatic rings. The second-order valence-corrected chi connectivity index (χ2v) is 6.87. The Bertz CT molecular complexity index is 725. The summed E-state index contributed by atoms with van der Waals surface area (Å²) in [5, 5.41) is 5.73. The molecule has 2 aromatic carbocycles. The van der Waals surface area contributed by atoms with Gasteiger partial charge >= 0.3 is 6.03 Å². The first-order valence-corrected chi connectivity index (χ1v) is 9.64. The number of nitrogens with one attached hydrogen (secondary N) is 2. The highest BCUT2D eigenvalue weighted by atomic mass is 16.5. The molecule has 144 valence electrons. The predicted molar refractivity (Wildman–Crippen MR) is 106 cm³/mol. The van der Waals surface area contributed by atoms with Crippen molar-refractivity contribution in [3.8, 4) is 11.5 Å². The van der Waals surface area contributed by atoms with Gasteiger partial charge in [0.1, 0.15) is 11.5 Å². The van der Waals surface area contributed by atoms with Crippen LogP contribution in [0.1, 0.15) is 43.2 Å². The molecule has 0 radical (unpaired) electrons. The van der Waals surface area contributed by atoms with Crippen molar-refractivity contribution in [3.63, 3.8) is 0 Å². The molecule has 0 bridgehead atoms. The number of benzene rings is 2. The maximum Gasteiger partial charge on any atom is 0.315 e. The maximum atomic E-state index is 12.0. The molecule has 1 aliphatic carbocycles. The second-order valence-electron chi connectivity index (χ2n) is 6.87. The van der Waals surface area contributed by atoms with Gasteiger partial charge in [0.25, 0.3) is 0 Å². The minimum Gasteiger partial charge on any atom is -0.496 e. The largest absolute Gasteiger partial charge is 0.496 e. The van der Waals surface area contributed by atoms with Crippen LogP contribution >= 0.6 is 0 Å². The molecule has 2 amide bonds. The Morgan fingerprint density at radius 1 is 0.963 bits per heavy atom. The topological polar surface area (TPSA) is 59.6 Å². The Balaban J connectivity index is 1.42. The SMILES string of the molecule is COc1ccccc1CNC(=O)NCc1ccc(OC2CCCCC2)cc1. The lowest BCUT2D eigenvalue weighted by atomic mass is 9.98. The molecule has 2 N–H and O–H groups in total. The maximum absolute atomic E-state index is 12.0. The van der Waals surface area contributed by atoms with Gasteiger partial charge in [-0.3, -0.25) is 0 Å². The molecule has 0 saturated heterocycles. The Hall–Kier alpha value is -2.69. The van der Waals surface area contributed by atoms with E-state index >= 15 is 0 Å². The molecule has 5 heteroatoms. The number of hydrogen-bond acceptors (Lipinski definition) is 3. The third kappa shape index (κ3) is 5.91. The summed E-state index contributed by atoms with van der Waals surface area (Å²) in [5.74, 6) is 1.68. The van der Waals surface area contributed by atoms with Gasteiger partial charge in [-0.15, -0.1) is 0 Å². The Labute approximate surface area is 161 Å². The summed E-state index contributed by atoms with van der Waals surface area (Å²) >= 11 is 0. The Morgan fingerprint density at radius 3 is 2.41 bits per heavy atom. The molecule has 0 spiro atoms. The van der Waals surface area contributed by atoms with Crippen molar-refractivity contribution in [2.45, 2.75) is 51.3 Å². The van der Waals surface area contributed by atoms with E-state index in [0.29, 0.717) is 19.2 Å². The molecule has 1 fully saturated rings. The number of methoxy groups -OCH3 is 1. The lowest BCUT2D eigenvalue weighted by Gasteiger charge is -2.23. The standard InChI is InChI=1S/C22H28N2O3/c1-26-21-10-6-5-7-18(21)16-24-22(25)23-15-17-11-13-20(14-12-17)27-19-8-3-2-4-9-19/h5-7,10-14,19H,2-4,8-9,15-16H2,1H3,(H2,23,24,25). The van der Waals surface area contributed by atoms with Crippen molar-refractivity contribution in [3.05, 3.63) is 59.7 Å². The highest BCUT2D eigenvalue weighted by Gasteiger charge is 2.14. The van der Waals surface area contributed by atoms with Crippen LogP contribution in [0.15, 0.2) is 48.5 Å². The highest BCUT2D eigenvalue weighted by Crippen LogP contribution is 2.23. The second kappa shape index (κ2) is 9.86. The smallest absolute Gasteiger partial charge is 0.315 e. The summed E-state index contributed by atoms with van der Waals surface area (Å²) < 4.78 is 11.3. The molecule has 0 aromatic heterocycles. The van der Waals surface area contributed by atoms with Crippen LogP contribution in [0.2, 0.25) is 0 Å². The molecular formula is C22H28N2O3. The molecule has 27 heavy (non-hydrogen) atoms. The molecule has 0 atom stereocenters. The quantitative estimate of drug-likeness (QED) is 0.761. The zero-order valence-corrected chi connectivity index (χ0v) is 15.9. The first-order valence-electron chi connectivity index (χ1n) is 9.64. The number of amides is 2. The Kier molecular flexibility index (Phi) is 6.97. The van der Waals surface area contributed by atoms with Crippen LogP contribution in [0.4, 0.5) is 4.79 Å². The summed E-state index contributed by atoms with van der Waals surface area (Å²) in [6.45, 7) is 0.894. The summed E-state index contributed by atoms with van der Waals surface area (Å²) in [7, 11) is 1.63. The van der Waals surface area contributed by atoms with Gasteiger partial charge in [-0.25, -0.2) is 4.79 Å². The fourth-order valence-corrected chi connectivity index (χ4v) is 3.33. The van der Waals surface area contributed by atoms with Gasteiger partial charge in [-0.1, -0.05) is 36.8 Å². The molecular weight excluding hydrogens is 340 g/mol. The van der Waals surface area contributed by atoms with Crippen LogP contribution in [-0.4, -0.2) is 19.2 Å². The zero-order valence-electron chi connectivity index (χ0n) is 15.9. The van der Waals surface area contributed by atoms with Crippen molar-refractivity contribution >= 4 is 6.03 Å². The molecule has 5 nitrogen and oxygen atoms in total. The number of ether oxygens (including phenoxy) is 2. The number of urea groups is 1. The summed E-state index contributed by atoms with van der Waals surface area (Å²) in [4.78, 5) is 12.0. The highest BCUT2D eigenvalue weighted by molar-refractivity contribution is 5.73. The lowest BCUT2D eigenvalue weighted by Crippen LogP contribution is -2.34.